The fourth-order valence-corrected chi connectivity index (χ4v) is 3.72. The van der Waals surface area contributed by atoms with Crippen molar-refractivity contribution >= 4 is 33.2 Å². The maximum Gasteiger partial charge on any atom is 0.264 e. The molecule has 2 aromatic carbocycles. The molecular formula is C17H20ClN3O5S. The number of hydrogen-bond acceptors (Lipinski definition) is 6. The van der Waals surface area contributed by atoms with E-state index in [0.717, 1.165) is 4.31 Å². The average molecular weight is 414 g/mol. The monoisotopic (exact) mass is 413 g/mol. The second-order valence-corrected chi connectivity index (χ2v) is 7.67. The molecule has 0 aliphatic heterocycles. The molecule has 0 atom stereocenters. The van der Waals surface area contributed by atoms with E-state index in [0.29, 0.717) is 24.0 Å². The summed E-state index contributed by atoms with van der Waals surface area (Å²) in [6, 6.07) is 12.0. The minimum Gasteiger partial charge on any atom is -0.491 e. The van der Waals surface area contributed by atoms with Gasteiger partial charge in [-0.1, -0.05) is 11.6 Å². The second-order valence-electron chi connectivity index (χ2n) is 5.37. The molecule has 2 rings (SSSR count). The van der Waals surface area contributed by atoms with E-state index < -0.39 is 22.5 Å². The van der Waals surface area contributed by atoms with Crippen LogP contribution in [0.15, 0.2) is 53.4 Å². The molecule has 10 heteroatoms. The highest BCUT2D eigenvalue weighted by Gasteiger charge is 2.27. The van der Waals surface area contributed by atoms with E-state index in [-0.39, 0.29) is 10.6 Å². The minimum atomic E-state index is -4.02. The third-order valence-electron chi connectivity index (χ3n) is 3.53. The standard InChI is InChI=1S/C17H20ClN3O5S/c1-25-10-11-26-15-6-8-16(9-7-15)27(23,24)21(12-17(22)20-19)14-4-2-13(18)3-5-14/h2-9H,10-12,19H2,1H3,(H,20,22). The van der Waals surface area contributed by atoms with Gasteiger partial charge < -0.3 is 9.47 Å². The van der Waals surface area contributed by atoms with Gasteiger partial charge in [-0.15, -0.1) is 0 Å². The highest BCUT2D eigenvalue weighted by molar-refractivity contribution is 7.92. The van der Waals surface area contributed by atoms with Crippen molar-refractivity contribution in [1.29, 1.82) is 0 Å². The molecule has 0 aliphatic rings. The Balaban J connectivity index is 2.32. The van der Waals surface area contributed by atoms with Crippen molar-refractivity contribution < 1.29 is 22.7 Å². The molecular weight excluding hydrogens is 394 g/mol. The number of nitrogens with one attached hydrogen (secondary N) is 1. The van der Waals surface area contributed by atoms with Crippen LogP contribution in [-0.2, 0) is 19.6 Å². The first kappa shape index (κ1) is 21.0. The third-order valence-corrected chi connectivity index (χ3v) is 5.57. The number of anilines is 1. The zero-order valence-electron chi connectivity index (χ0n) is 14.6. The number of nitrogens with zero attached hydrogens (tertiary/aromatic N) is 1. The largest absolute Gasteiger partial charge is 0.491 e. The molecule has 1 amide bonds. The van der Waals surface area contributed by atoms with E-state index in [9.17, 15) is 13.2 Å². The molecule has 0 fully saturated rings. The number of rotatable bonds is 9. The first-order valence-electron chi connectivity index (χ1n) is 7.88. The Kier molecular flexibility index (Phi) is 7.43. The predicted molar refractivity (Wildman–Crippen MR) is 102 cm³/mol. The number of carbonyl (C=O) groups excluding carboxylic acids is 1. The number of hydrogen-bond donors (Lipinski definition) is 2. The number of benzene rings is 2. The zero-order valence-corrected chi connectivity index (χ0v) is 16.2. The lowest BCUT2D eigenvalue weighted by Crippen LogP contribution is -2.43. The maximum atomic E-state index is 13.1. The summed E-state index contributed by atoms with van der Waals surface area (Å²) >= 11 is 5.86. The summed E-state index contributed by atoms with van der Waals surface area (Å²) in [5.74, 6) is 4.96. The quantitative estimate of drug-likeness (QED) is 0.279. The summed E-state index contributed by atoms with van der Waals surface area (Å²) in [6.07, 6.45) is 0. The number of hydrazine groups is 1. The molecule has 0 saturated carbocycles. The van der Waals surface area contributed by atoms with E-state index in [1.165, 1.54) is 48.5 Å². The number of carbonyl (C=O) groups is 1. The van der Waals surface area contributed by atoms with Gasteiger partial charge in [0.05, 0.1) is 17.2 Å². The SMILES string of the molecule is COCCOc1ccc(S(=O)(=O)N(CC(=O)NN)c2ccc(Cl)cc2)cc1. The van der Waals surface area contributed by atoms with E-state index in [1.54, 1.807) is 7.11 Å². The normalized spacial score (nSPS) is 11.1. The summed E-state index contributed by atoms with van der Waals surface area (Å²) < 4.78 is 37.4. The Morgan fingerprint density at radius 3 is 2.30 bits per heavy atom. The van der Waals surface area contributed by atoms with Gasteiger partial charge in [0, 0.05) is 12.1 Å². The topological polar surface area (TPSA) is 111 Å². The number of methoxy groups -OCH3 is 1. The summed E-state index contributed by atoms with van der Waals surface area (Å²) in [7, 11) is -2.46. The molecule has 27 heavy (non-hydrogen) atoms. The van der Waals surface area contributed by atoms with Crippen molar-refractivity contribution in [2.45, 2.75) is 4.90 Å². The van der Waals surface area contributed by atoms with E-state index in [4.69, 9.17) is 26.9 Å². The zero-order chi connectivity index (χ0) is 19.9. The fourth-order valence-electron chi connectivity index (χ4n) is 2.18. The Bertz CT molecular complexity index is 857. The van der Waals surface area contributed by atoms with Gasteiger partial charge in [0.25, 0.3) is 15.9 Å². The molecule has 0 spiro atoms. The number of nitrogens with two attached hydrogens (primary N) is 1. The summed E-state index contributed by atoms with van der Waals surface area (Å²) in [4.78, 5) is 11.7. The predicted octanol–water partition coefficient (Wildman–Crippen LogP) is 1.55. The molecule has 0 bridgehead atoms. The van der Waals surface area contributed by atoms with Gasteiger partial charge in [0.1, 0.15) is 18.9 Å². The summed E-state index contributed by atoms with van der Waals surface area (Å²) in [6.45, 7) is 0.279. The molecule has 0 unspecified atom stereocenters. The van der Waals surface area contributed by atoms with Crippen LogP contribution < -0.4 is 20.3 Å². The van der Waals surface area contributed by atoms with Gasteiger partial charge in [0.2, 0.25) is 0 Å². The molecule has 8 nitrogen and oxygen atoms in total. The van der Waals surface area contributed by atoms with Crippen LogP contribution in [0.1, 0.15) is 0 Å². The number of ether oxygens (including phenoxy) is 2. The number of halogens is 1. The van der Waals surface area contributed by atoms with Crippen LogP contribution in [-0.4, -0.2) is 41.2 Å². The van der Waals surface area contributed by atoms with Crippen LogP contribution in [0.25, 0.3) is 0 Å². The number of sulfonamides is 1. The van der Waals surface area contributed by atoms with Crippen LogP contribution in [0, 0.1) is 0 Å². The third kappa shape index (κ3) is 5.57. The van der Waals surface area contributed by atoms with Crippen molar-refractivity contribution in [3.8, 4) is 5.75 Å². The second kappa shape index (κ2) is 9.56. The van der Waals surface area contributed by atoms with Crippen LogP contribution in [0.4, 0.5) is 5.69 Å². The first-order valence-corrected chi connectivity index (χ1v) is 9.70. The fraction of sp³-hybridized carbons (Fsp3) is 0.235. The molecule has 146 valence electrons. The smallest absolute Gasteiger partial charge is 0.264 e. The van der Waals surface area contributed by atoms with Gasteiger partial charge in [-0.05, 0) is 48.5 Å². The van der Waals surface area contributed by atoms with Crippen molar-refractivity contribution in [2.75, 3.05) is 31.2 Å². The van der Waals surface area contributed by atoms with E-state index in [2.05, 4.69) is 0 Å². The lowest BCUT2D eigenvalue weighted by molar-refractivity contribution is -0.119. The lowest BCUT2D eigenvalue weighted by atomic mass is 10.3. The van der Waals surface area contributed by atoms with Crippen molar-refractivity contribution in [1.82, 2.24) is 5.43 Å². The minimum absolute atomic E-state index is 0.00126. The lowest BCUT2D eigenvalue weighted by Gasteiger charge is -2.23. The van der Waals surface area contributed by atoms with E-state index >= 15 is 0 Å². The molecule has 0 heterocycles. The van der Waals surface area contributed by atoms with Crippen molar-refractivity contribution in [3.63, 3.8) is 0 Å². The van der Waals surface area contributed by atoms with Gasteiger partial charge in [-0.25, -0.2) is 14.3 Å². The van der Waals surface area contributed by atoms with Crippen molar-refractivity contribution in [2.24, 2.45) is 5.84 Å². The van der Waals surface area contributed by atoms with Gasteiger partial charge >= 0.3 is 0 Å². The molecule has 2 aromatic rings. The number of amides is 1. The van der Waals surface area contributed by atoms with Crippen molar-refractivity contribution in [3.05, 3.63) is 53.6 Å². The van der Waals surface area contributed by atoms with Crippen LogP contribution in [0.2, 0.25) is 5.02 Å². The molecule has 3 N–H and O–H groups in total. The highest BCUT2D eigenvalue weighted by atomic mass is 35.5. The van der Waals surface area contributed by atoms with Crippen LogP contribution in [0.3, 0.4) is 0 Å². The summed E-state index contributed by atoms with van der Waals surface area (Å²) in [5, 5.41) is 0.442. The highest BCUT2D eigenvalue weighted by Crippen LogP contribution is 2.26. The summed E-state index contributed by atoms with van der Waals surface area (Å²) in [5.41, 5.74) is 2.22. The maximum absolute atomic E-state index is 13.1. The van der Waals surface area contributed by atoms with Crippen LogP contribution >= 0.6 is 11.6 Å². The van der Waals surface area contributed by atoms with Gasteiger partial charge in [-0.3, -0.25) is 14.5 Å². The van der Waals surface area contributed by atoms with Gasteiger partial charge in [-0.2, -0.15) is 0 Å². The Labute approximate surface area is 162 Å². The Morgan fingerprint density at radius 2 is 1.74 bits per heavy atom. The average Bonchev–Trinajstić information content (AvgIpc) is 2.67. The molecule has 0 aliphatic carbocycles. The molecule has 0 saturated heterocycles. The molecule has 0 aromatic heterocycles. The Morgan fingerprint density at radius 1 is 1.11 bits per heavy atom. The Hall–Kier alpha value is -2.33. The van der Waals surface area contributed by atoms with E-state index in [1.807, 2.05) is 5.43 Å². The van der Waals surface area contributed by atoms with Crippen LogP contribution in [0.5, 0.6) is 5.75 Å². The first-order chi connectivity index (χ1) is 12.9. The van der Waals surface area contributed by atoms with Gasteiger partial charge in [0.15, 0.2) is 0 Å². The molecule has 0 radical (unpaired) electrons.